The third kappa shape index (κ3) is 8.70. The largest absolute Gasteiger partial charge is 0.492 e. The number of benzene rings is 4. The highest BCUT2D eigenvalue weighted by Gasteiger charge is 2.41. The van der Waals surface area contributed by atoms with E-state index in [1.807, 2.05) is 29.1 Å². The molecule has 3 unspecified atom stereocenters. The molecule has 5 aromatic rings. The highest BCUT2D eigenvalue weighted by Crippen LogP contribution is 2.38. The number of ether oxygens (including phenoxy) is 1. The van der Waals surface area contributed by atoms with Crippen molar-refractivity contribution in [2.45, 2.75) is 63.1 Å². The number of rotatable bonds is 13. The van der Waals surface area contributed by atoms with Crippen molar-refractivity contribution in [2.24, 2.45) is 5.92 Å². The summed E-state index contributed by atoms with van der Waals surface area (Å²) in [6.07, 6.45) is 9.96. The molecule has 4 fully saturated rings. The molecule has 59 heavy (non-hydrogen) atoms. The van der Waals surface area contributed by atoms with Gasteiger partial charge in [0.2, 0.25) is 11.8 Å². The van der Waals surface area contributed by atoms with Crippen LogP contribution in [0.1, 0.15) is 67.7 Å². The molecule has 9 rings (SSSR count). The highest BCUT2D eigenvalue weighted by atomic mass is 35.5. The lowest BCUT2D eigenvalue weighted by atomic mass is 9.88. The van der Waals surface area contributed by atoms with Crippen molar-refractivity contribution in [3.8, 4) is 5.75 Å². The Morgan fingerprint density at radius 1 is 0.780 bits per heavy atom. The van der Waals surface area contributed by atoms with E-state index in [-0.39, 0.29) is 17.6 Å². The minimum absolute atomic E-state index is 0.218. The van der Waals surface area contributed by atoms with Crippen LogP contribution in [-0.4, -0.2) is 90.0 Å². The number of anilines is 1. The number of piperidine rings is 2. The average molecular weight is 814 g/mol. The lowest BCUT2D eigenvalue weighted by molar-refractivity contribution is -0.135. The van der Waals surface area contributed by atoms with E-state index < -0.39 is 6.04 Å². The number of fused-ring (bicyclic) bond motifs is 3. The summed E-state index contributed by atoms with van der Waals surface area (Å²) in [5.41, 5.74) is 6.61. The molecule has 0 radical (unpaired) electrons. The number of nitrogens with zero attached hydrogens (tertiary/aromatic N) is 4. The van der Waals surface area contributed by atoms with Crippen LogP contribution < -0.4 is 15.0 Å². The number of aromatic nitrogens is 1. The Morgan fingerprint density at radius 2 is 1.42 bits per heavy atom. The molecule has 2 bridgehead atoms. The lowest BCUT2D eigenvalue weighted by Gasteiger charge is -2.44. The number of halogens is 2. The molecule has 10 heteroatoms. The summed E-state index contributed by atoms with van der Waals surface area (Å²) in [6, 6.07) is 33.6. The maximum Gasteiger partial charge on any atom is 0.249 e. The van der Waals surface area contributed by atoms with Crippen LogP contribution in [0.3, 0.4) is 0 Å². The van der Waals surface area contributed by atoms with Crippen molar-refractivity contribution >= 4 is 51.0 Å². The van der Waals surface area contributed by atoms with Crippen LogP contribution in [0, 0.1) is 11.7 Å². The van der Waals surface area contributed by atoms with E-state index in [9.17, 15) is 9.59 Å². The Balaban J connectivity index is 0.764. The van der Waals surface area contributed by atoms with Gasteiger partial charge in [-0.05, 0) is 110 Å². The summed E-state index contributed by atoms with van der Waals surface area (Å²) in [4.78, 5) is 31.7. The maximum absolute atomic E-state index is 15.6. The lowest BCUT2D eigenvalue weighted by Crippen LogP contribution is -2.55. The zero-order valence-electron chi connectivity index (χ0n) is 33.6. The van der Waals surface area contributed by atoms with Crippen LogP contribution in [0.15, 0.2) is 109 Å². The Bertz CT molecular complexity index is 2280. The second kappa shape index (κ2) is 17.7. The topological polar surface area (TPSA) is 70.0 Å². The molecule has 1 aromatic heterocycles. The molecule has 0 aliphatic carbocycles. The molecule has 1 N–H and O–H groups in total. The molecule has 4 aliphatic rings. The first-order valence-corrected chi connectivity index (χ1v) is 21.9. The van der Waals surface area contributed by atoms with Crippen LogP contribution in [0.25, 0.3) is 21.9 Å². The van der Waals surface area contributed by atoms with Gasteiger partial charge in [-0.15, -0.1) is 11.6 Å². The average Bonchev–Trinajstić information content (AvgIpc) is 3.76. The first-order chi connectivity index (χ1) is 28.9. The molecule has 3 atom stereocenters. The van der Waals surface area contributed by atoms with Crippen LogP contribution >= 0.6 is 11.6 Å². The summed E-state index contributed by atoms with van der Waals surface area (Å²) < 4.78 is 23.8. The van der Waals surface area contributed by atoms with Crippen molar-refractivity contribution in [1.82, 2.24) is 19.7 Å². The van der Waals surface area contributed by atoms with E-state index in [2.05, 4.69) is 98.9 Å². The van der Waals surface area contributed by atoms with Crippen molar-refractivity contribution in [3.05, 3.63) is 132 Å². The first kappa shape index (κ1) is 39.5. The summed E-state index contributed by atoms with van der Waals surface area (Å²) in [5.74, 6) is 1.35. The van der Waals surface area contributed by atoms with Crippen LogP contribution in [0.5, 0.6) is 5.75 Å². The van der Waals surface area contributed by atoms with E-state index in [0.29, 0.717) is 49.0 Å². The van der Waals surface area contributed by atoms with Crippen molar-refractivity contribution in [3.63, 3.8) is 0 Å². The van der Waals surface area contributed by atoms with Gasteiger partial charge < -0.3 is 14.2 Å². The third-order valence-corrected chi connectivity index (χ3v) is 13.3. The van der Waals surface area contributed by atoms with E-state index >= 15 is 4.39 Å². The normalized spacial score (nSPS) is 22.1. The first-order valence-electron chi connectivity index (χ1n) is 21.4. The summed E-state index contributed by atoms with van der Waals surface area (Å²) >= 11 is 6.36. The van der Waals surface area contributed by atoms with Gasteiger partial charge in [0.05, 0.1) is 5.69 Å². The van der Waals surface area contributed by atoms with Crippen molar-refractivity contribution in [2.75, 3.05) is 56.7 Å². The van der Waals surface area contributed by atoms with Gasteiger partial charge in [0.1, 0.15) is 24.2 Å². The van der Waals surface area contributed by atoms with Gasteiger partial charge in [0.15, 0.2) is 0 Å². The number of carbonyl (C=O) groups is 2. The van der Waals surface area contributed by atoms with E-state index in [0.717, 1.165) is 80.6 Å². The van der Waals surface area contributed by atoms with E-state index in [1.54, 1.807) is 6.07 Å². The number of hydrogen-bond donors (Lipinski definition) is 1. The van der Waals surface area contributed by atoms with Gasteiger partial charge in [0.25, 0.3) is 0 Å². The predicted molar refractivity (Wildman–Crippen MR) is 234 cm³/mol. The number of hydrogen-bond acceptors (Lipinski definition) is 6. The molecular formula is C49H53ClFN5O3. The summed E-state index contributed by atoms with van der Waals surface area (Å²) in [6.45, 7) is 6.51. The minimum atomic E-state index is -0.450. The highest BCUT2D eigenvalue weighted by molar-refractivity contribution is 6.18. The van der Waals surface area contributed by atoms with Gasteiger partial charge in [0, 0.05) is 73.7 Å². The molecule has 8 nitrogen and oxygen atoms in total. The molecular weight excluding hydrogens is 761 g/mol. The minimum Gasteiger partial charge on any atom is -0.492 e. The maximum atomic E-state index is 15.6. The zero-order valence-corrected chi connectivity index (χ0v) is 34.3. The van der Waals surface area contributed by atoms with Crippen LogP contribution in [0.2, 0.25) is 0 Å². The molecule has 0 spiro atoms. The van der Waals surface area contributed by atoms with Crippen molar-refractivity contribution < 1.29 is 18.7 Å². The number of carbonyl (C=O) groups excluding carboxylic acids is 2. The van der Waals surface area contributed by atoms with E-state index in [1.165, 1.54) is 35.1 Å². The number of piperazine rings is 1. The Labute approximate surface area is 351 Å². The molecule has 5 heterocycles. The Hall–Kier alpha value is -4.96. The molecule has 306 valence electrons. The smallest absolute Gasteiger partial charge is 0.249 e. The van der Waals surface area contributed by atoms with Gasteiger partial charge >= 0.3 is 0 Å². The SMILES string of the molecule is O=C1CCC(n2cc3cc(F)c(N4CC5CCC(C4)N5CC4CCN(CCOc5ccc(C(=C(CCCl)c6ccccc6)c6ccccc6)cc5)CC4)cc3c2)C(=O)N1. The second-order valence-corrected chi connectivity index (χ2v) is 17.2. The second-order valence-electron chi connectivity index (χ2n) is 16.8. The Morgan fingerprint density at radius 3 is 2.08 bits per heavy atom. The van der Waals surface area contributed by atoms with Crippen LogP contribution in [0.4, 0.5) is 10.1 Å². The van der Waals surface area contributed by atoms with Gasteiger partial charge in [-0.3, -0.25) is 24.7 Å². The number of allylic oxidation sites excluding steroid dienone is 1. The number of nitrogens with one attached hydrogen (secondary N) is 1. The van der Waals surface area contributed by atoms with E-state index in [4.69, 9.17) is 16.3 Å². The fourth-order valence-corrected chi connectivity index (χ4v) is 10.2. The van der Waals surface area contributed by atoms with Crippen LogP contribution in [-0.2, 0) is 9.59 Å². The van der Waals surface area contributed by atoms with Gasteiger partial charge in [-0.1, -0.05) is 72.8 Å². The number of alkyl halides is 1. The Kier molecular flexibility index (Phi) is 11.9. The molecule has 4 saturated heterocycles. The quantitative estimate of drug-likeness (QED) is 0.0729. The zero-order chi connectivity index (χ0) is 40.3. The molecule has 4 aliphatic heterocycles. The summed E-state index contributed by atoms with van der Waals surface area (Å²) in [5, 5.41) is 4.12. The fraction of sp³-hybridized carbons (Fsp3) is 0.388. The monoisotopic (exact) mass is 813 g/mol. The number of amides is 2. The number of likely N-dealkylation sites (tertiary alicyclic amines) is 1. The number of imide groups is 1. The fourth-order valence-electron chi connectivity index (χ4n) is 10.0. The molecule has 0 saturated carbocycles. The van der Waals surface area contributed by atoms with Gasteiger partial charge in [-0.2, -0.15) is 0 Å². The van der Waals surface area contributed by atoms with Gasteiger partial charge in [-0.25, -0.2) is 4.39 Å². The molecule has 4 aromatic carbocycles. The summed E-state index contributed by atoms with van der Waals surface area (Å²) in [7, 11) is 0. The third-order valence-electron chi connectivity index (χ3n) is 13.1. The molecule has 2 amide bonds. The predicted octanol–water partition coefficient (Wildman–Crippen LogP) is 8.79. The van der Waals surface area contributed by atoms with Crippen molar-refractivity contribution in [1.29, 1.82) is 0 Å². The standard InChI is InChI=1S/C49H53ClFN5O3/c50-22-19-43(35-7-3-1-4-8-35)48(36-9-5-2-6-10-36)37-11-15-42(16-12-37)59-26-25-53-23-20-34(21-24-53)29-56-40-13-14-41(56)33-55(32-40)46-28-39-31-54(30-38(39)27-44(46)51)45-17-18-47(57)52-49(45)58/h1-12,15-16,27-28,30-31,34,40-41,45H,13-14,17-26,29,32-33H2,(H,52,57,58).